The number of nitrogens with zero attached hydrogens (tertiary/aromatic N) is 2. The third-order valence-electron chi connectivity index (χ3n) is 6.42. The van der Waals surface area contributed by atoms with Gasteiger partial charge in [0.15, 0.2) is 0 Å². The average molecular weight is 534 g/mol. The minimum absolute atomic E-state index is 0.0580. The summed E-state index contributed by atoms with van der Waals surface area (Å²) in [5.74, 6) is -1.33. The van der Waals surface area contributed by atoms with Crippen molar-refractivity contribution in [2.24, 2.45) is 0 Å². The Kier molecular flexibility index (Phi) is 9.43. The SMILES string of the molecule is CNCCCCC(=O)N1CC(c2ccc(Cl)c(Cl)c2)C(N(C)Cc2ccc(C(F)(F)F)c(F)c2)C1. The summed E-state index contributed by atoms with van der Waals surface area (Å²) in [4.78, 5) is 16.7. The zero-order valence-corrected chi connectivity index (χ0v) is 21.2. The standard InChI is InChI=1S/C25H29Cl2F4N3O/c1-32-10-4-3-5-24(35)34-14-18(17-7-9-20(26)21(27)12-17)23(15-34)33(2)13-16-6-8-19(22(28)11-16)25(29,30)31/h6-9,11-12,18,23,32H,3-5,10,13-15H2,1-2H3. The minimum atomic E-state index is -4.74. The van der Waals surface area contributed by atoms with Crippen LogP contribution in [0.1, 0.15) is 41.9 Å². The molecule has 1 saturated heterocycles. The third-order valence-corrected chi connectivity index (χ3v) is 7.16. The van der Waals surface area contributed by atoms with E-state index in [4.69, 9.17) is 23.2 Å². The Hall–Kier alpha value is -1.87. The maximum absolute atomic E-state index is 14.1. The highest BCUT2D eigenvalue weighted by atomic mass is 35.5. The molecule has 2 unspecified atom stereocenters. The molecule has 0 bridgehead atoms. The number of alkyl halides is 3. The second-order valence-electron chi connectivity index (χ2n) is 8.93. The number of unbranched alkanes of at least 4 members (excludes halogenated alkanes) is 1. The van der Waals surface area contributed by atoms with Crippen LogP contribution in [0.25, 0.3) is 0 Å². The summed E-state index contributed by atoms with van der Waals surface area (Å²) < 4.78 is 52.9. The fourth-order valence-electron chi connectivity index (χ4n) is 4.54. The number of carbonyl (C=O) groups excluding carboxylic acids is 1. The van der Waals surface area contributed by atoms with Crippen LogP contribution in [0.15, 0.2) is 36.4 Å². The number of nitrogens with one attached hydrogen (secondary N) is 1. The zero-order chi connectivity index (χ0) is 25.8. The fourth-order valence-corrected chi connectivity index (χ4v) is 4.84. The fraction of sp³-hybridized carbons (Fsp3) is 0.480. The van der Waals surface area contributed by atoms with Crippen molar-refractivity contribution in [3.63, 3.8) is 0 Å². The van der Waals surface area contributed by atoms with Crippen molar-refractivity contribution < 1.29 is 22.4 Å². The van der Waals surface area contributed by atoms with E-state index in [-0.39, 0.29) is 24.4 Å². The molecule has 1 fully saturated rings. The molecule has 0 spiro atoms. The Morgan fingerprint density at radius 3 is 2.49 bits per heavy atom. The lowest BCUT2D eigenvalue weighted by atomic mass is 9.93. The minimum Gasteiger partial charge on any atom is -0.340 e. The van der Waals surface area contributed by atoms with Gasteiger partial charge in [-0.05, 0) is 68.9 Å². The van der Waals surface area contributed by atoms with Gasteiger partial charge in [0.25, 0.3) is 0 Å². The van der Waals surface area contributed by atoms with Crippen molar-refractivity contribution in [3.8, 4) is 0 Å². The summed E-state index contributed by atoms with van der Waals surface area (Å²) in [5.41, 5.74) is 0.0524. The van der Waals surface area contributed by atoms with Gasteiger partial charge in [0.05, 0.1) is 15.6 Å². The Morgan fingerprint density at radius 1 is 1.11 bits per heavy atom. The second-order valence-corrected chi connectivity index (χ2v) is 9.75. The summed E-state index contributed by atoms with van der Waals surface area (Å²) >= 11 is 12.3. The summed E-state index contributed by atoms with van der Waals surface area (Å²) in [5, 5.41) is 3.90. The first-order chi connectivity index (χ1) is 16.5. The smallest absolute Gasteiger partial charge is 0.340 e. The van der Waals surface area contributed by atoms with Gasteiger partial charge in [-0.2, -0.15) is 13.2 Å². The molecule has 4 nitrogen and oxygen atoms in total. The first kappa shape index (κ1) is 27.7. The van der Waals surface area contributed by atoms with Crippen molar-refractivity contribution in [2.75, 3.05) is 33.7 Å². The molecular formula is C25H29Cl2F4N3O. The van der Waals surface area contributed by atoms with E-state index in [1.54, 1.807) is 12.1 Å². The molecule has 1 amide bonds. The molecule has 0 radical (unpaired) electrons. The molecule has 2 aromatic carbocycles. The number of hydrogen-bond acceptors (Lipinski definition) is 3. The third kappa shape index (κ3) is 7.09. The van der Waals surface area contributed by atoms with E-state index in [9.17, 15) is 22.4 Å². The number of benzene rings is 2. The van der Waals surface area contributed by atoms with Crippen LogP contribution in [0.4, 0.5) is 17.6 Å². The van der Waals surface area contributed by atoms with Crippen LogP contribution in [0.2, 0.25) is 10.0 Å². The Labute approximate surface area is 213 Å². The summed E-state index contributed by atoms with van der Waals surface area (Å²) in [6.07, 6.45) is -2.63. The van der Waals surface area contributed by atoms with E-state index in [0.717, 1.165) is 37.1 Å². The van der Waals surface area contributed by atoms with Gasteiger partial charge >= 0.3 is 6.18 Å². The molecule has 192 valence electrons. The van der Waals surface area contributed by atoms with Gasteiger partial charge in [-0.25, -0.2) is 4.39 Å². The molecule has 1 N–H and O–H groups in total. The molecule has 10 heteroatoms. The lowest BCUT2D eigenvalue weighted by Crippen LogP contribution is -2.38. The molecule has 1 aliphatic heterocycles. The lowest BCUT2D eigenvalue weighted by molar-refractivity contribution is -0.140. The van der Waals surface area contributed by atoms with Gasteiger partial charge < -0.3 is 10.2 Å². The summed E-state index contributed by atoms with van der Waals surface area (Å²) in [6, 6.07) is 8.21. The first-order valence-electron chi connectivity index (χ1n) is 11.4. The number of carbonyl (C=O) groups is 1. The van der Waals surface area contributed by atoms with Gasteiger partial charge in [-0.3, -0.25) is 9.69 Å². The summed E-state index contributed by atoms with van der Waals surface area (Å²) in [6.45, 7) is 2.00. The average Bonchev–Trinajstić information content (AvgIpc) is 3.23. The van der Waals surface area contributed by atoms with Crippen molar-refractivity contribution in [2.45, 2.75) is 43.9 Å². The molecule has 1 aliphatic rings. The van der Waals surface area contributed by atoms with Crippen molar-refractivity contribution in [1.82, 2.24) is 15.1 Å². The molecule has 35 heavy (non-hydrogen) atoms. The molecule has 3 rings (SSSR count). The van der Waals surface area contributed by atoms with E-state index in [1.165, 1.54) is 6.07 Å². The van der Waals surface area contributed by atoms with Crippen LogP contribution in [0.5, 0.6) is 0 Å². The normalized spacial score (nSPS) is 18.5. The van der Waals surface area contributed by atoms with Crippen LogP contribution in [-0.4, -0.2) is 55.5 Å². The van der Waals surface area contributed by atoms with E-state index in [1.807, 2.05) is 30.0 Å². The number of amides is 1. The van der Waals surface area contributed by atoms with E-state index in [0.29, 0.717) is 35.1 Å². The van der Waals surface area contributed by atoms with Crippen LogP contribution in [-0.2, 0) is 17.5 Å². The van der Waals surface area contributed by atoms with Gasteiger partial charge in [-0.1, -0.05) is 35.3 Å². The molecule has 0 aliphatic carbocycles. The molecule has 0 aromatic heterocycles. The van der Waals surface area contributed by atoms with Gasteiger partial charge in [0, 0.05) is 38.0 Å². The van der Waals surface area contributed by atoms with Crippen molar-refractivity contribution in [3.05, 3.63) is 69.0 Å². The number of halogens is 6. The monoisotopic (exact) mass is 533 g/mol. The van der Waals surface area contributed by atoms with E-state index < -0.39 is 17.6 Å². The van der Waals surface area contributed by atoms with Gasteiger partial charge in [-0.15, -0.1) is 0 Å². The van der Waals surface area contributed by atoms with E-state index in [2.05, 4.69) is 5.32 Å². The molecule has 2 aromatic rings. The lowest BCUT2D eigenvalue weighted by Gasteiger charge is -2.29. The number of likely N-dealkylation sites (N-methyl/N-ethyl adjacent to an activating group) is 1. The Morgan fingerprint density at radius 2 is 1.86 bits per heavy atom. The number of rotatable bonds is 9. The predicted molar refractivity (Wildman–Crippen MR) is 130 cm³/mol. The Balaban J connectivity index is 1.79. The largest absolute Gasteiger partial charge is 0.419 e. The van der Waals surface area contributed by atoms with Crippen LogP contribution >= 0.6 is 23.2 Å². The van der Waals surface area contributed by atoms with E-state index >= 15 is 0 Å². The highest BCUT2D eigenvalue weighted by molar-refractivity contribution is 6.42. The Bertz CT molecular complexity index is 1030. The number of hydrogen-bond donors (Lipinski definition) is 1. The maximum atomic E-state index is 14.1. The highest BCUT2D eigenvalue weighted by Crippen LogP contribution is 2.36. The topological polar surface area (TPSA) is 35.6 Å². The zero-order valence-electron chi connectivity index (χ0n) is 19.6. The van der Waals surface area contributed by atoms with Crippen molar-refractivity contribution >= 4 is 29.1 Å². The number of likely N-dealkylation sites (tertiary alicyclic amines) is 1. The van der Waals surface area contributed by atoms with Crippen LogP contribution in [0.3, 0.4) is 0 Å². The second kappa shape index (κ2) is 11.9. The summed E-state index contributed by atoms with van der Waals surface area (Å²) in [7, 11) is 3.69. The predicted octanol–water partition coefficient (Wildman–Crippen LogP) is 5.97. The molecular weight excluding hydrogens is 505 g/mol. The van der Waals surface area contributed by atoms with Crippen molar-refractivity contribution in [1.29, 1.82) is 0 Å². The quantitative estimate of drug-likeness (QED) is 0.318. The molecule has 1 heterocycles. The first-order valence-corrected chi connectivity index (χ1v) is 12.2. The highest BCUT2D eigenvalue weighted by Gasteiger charge is 2.39. The maximum Gasteiger partial charge on any atom is 0.419 e. The van der Waals surface area contributed by atoms with Crippen LogP contribution < -0.4 is 5.32 Å². The molecule has 0 saturated carbocycles. The van der Waals surface area contributed by atoms with Crippen LogP contribution in [0, 0.1) is 5.82 Å². The van der Waals surface area contributed by atoms with Gasteiger partial charge in [0.2, 0.25) is 5.91 Å². The van der Waals surface area contributed by atoms with Gasteiger partial charge in [0.1, 0.15) is 5.82 Å². The molecule has 2 atom stereocenters.